The summed E-state index contributed by atoms with van der Waals surface area (Å²) in [5.41, 5.74) is 0. The number of primary sulfonamides is 1. The fourth-order valence-electron chi connectivity index (χ4n) is 1.32. The van der Waals surface area contributed by atoms with Crippen LogP contribution in [0.15, 0.2) is 41.4 Å². The molecule has 100 valence electrons. The molecule has 19 heavy (non-hydrogen) atoms. The molecule has 0 aliphatic heterocycles. The van der Waals surface area contributed by atoms with Crippen molar-refractivity contribution in [3.63, 3.8) is 0 Å². The van der Waals surface area contributed by atoms with Crippen molar-refractivity contribution >= 4 is 21.6 Å². The fourth-order valence-corrected chi connectivity index (χ4v) is 2.04. The number of rotatable bonds is 3. The Morgan fingerprint density at radius 1 is 1.32 bits per heavy atom. The van der Waals surface area contributed by atoms with Crippen LogP contribution in [0, 0.1) is 5.82 Å². The summed E-state index contributed by atoms with van der Waals surface area (Å²) in [6.45, 7) is 0. The lowest BCUT2D eigenvalue weighted by Crippen LogP contribution is -2.13. The summed E-state index contributed by atoms with van der Waals surface area (Å²) in [4.78, 5) is 3.47. The monoisotopic (exact) mass is 302 g/mol. The van der Waals surface area contributed by atoms with Crippen LogP contribution in [0.4, 0.5) is 4.39 Å². The third-order valence-electron chi connectivity index (χ3n) is 2.15. The van der Waals surface area contributed by atoms with Gasteiger partial charge in [-0.1, -0.05) is 11.6 Å². The number of halogens is 2. The Kier molecular flexibility index (Phi) is 3.70. The van der Waals surface area contributed by atoms with E-state index in [-0.39, 0.29) is 21.5 Å². The lowest BCUT2D eigenvalue weighted by Gasteiger charge is -2.08. The molecule has 0 aliphatic rings. The van der Waals surface area contributed by atoms with E-state index in [2.05, 4.69) is 4.98 Å². The van der Waals surface area contributed by atoms with Crippen LogP contribution in [0.25, 0.3) is 0 Å². The fraction of sp³-hybridized carbons (Fsp3) is 0. The van der Waals surface area contributed by atoms with Crippen LogP contribution in [0.5, 0.6) is 11.6 Å². The zero-order chi connectivity index (χ0) is 14.0. The zero-order valence-electron chi connectivity index (χ0n) is 9.38. The van der Waals surface area contributed by atoms with Crippen LogP contribution < -0.4 is 9.88 Å². The Labute approximate surface area is 113 Å². The Morgan fingerprint density at radius 3 is 2.68 bits per heavy atom. The predicted octanol–water partition coefficient (Wildman–Crippen LogP) is 2.31. The number of nitrogens with zero attached hydrogens (tertiary/aromatic N) is 1. The predicted molar refractivity (Wildman–Crippen MR) is 67.1 cm³/mol. The van der Waals surface area contributed by atoms with Crippen molar-refractivity contribution in [3.05, 3.63) is 47.4 Å². The van der Waals surface area contributed by atoms with Gasteiger partial charge in [0.1, 0.15) is 16.5 Å². The van der Waals surface area contributed by atoms with Gasteiger partial charge in [-0.2, -0.15) is 0 Å². The highest BCUT2D eigenvalue weighted by atomic mass is 35.5. The van der Waals surface area contributed by atoms with E-state index in [9.17, 15) is 12.8 Å². The Hall–Kier alpha value is -1.70. The molecule has 0 spiro atoms. The van der Waals surface area contributed by atoms with Gasteiger partial charge in [0.05, 0.1) is 5.02 Å². The summed E-state index contributed by atoms with van der Waals surface area (Å²) < 4.78 is 41.1. The van der Waals surface area contributed by atoms with E-state index in [1.54, 1.807) is 0 Å². The average Bonchev–Trinajstić information content (AvgIpc) is 2.33. The third-order valence-corrected chi connectivity index (χ3v) is 3.38. The molecule has 0 aliphatic carbocycles. The molecule has 1 aromatic carbocycles. The van der Waals surface area contributed by atoms with E-state index in [1.165, 1.54) is 30.5 Å². The quantitative estimate of drug-likeness (QED) is 0.943. The molecule has 0 bridgehead atoms. The van der Waals surface area contributed by atoms with Crippen molar-refractivity contribution in [3.8, 4) is 11.6 Å². The van der Waals surface area contributed by atoms with E-state index >= 15 is 0 Å². The van der Waals surface area contributed by atoms with Crippen molar-refractivity contribution in [1.82, 2.24) is 4.98 Å². The van der Waals surface area contributed by atoms with Gasteiger partial charge < -0.3 is 4.74 Å². The lowest BCUT2D eigenvalue weighted by molar-refractivity contribution is 0.443. The summed E-state index contributed by atoms with van der Waals surface area (Å²) in [6.07, 6.45) is 1.33. The highest BCUT2D eigenvalue weighted by molar-refractivity contribution is 7.89. The minimum absolute atomic E-state index is 0.0606. The molecule has 0 radical (unpaired) electrons. The molecule has 2 aromatic rings. The summed E-state index contributed by atoms with van der Waals surface area (Å²) in [5.74, 6) is -0.857. The van der Waals surface area contributed by atoms with E-state index < -0.39 is 15.8 Å². The van der Waals surface area contributed by atoms with E-state index in [1.807, 2.05) is 0 Å². The second-order valence-electron chi connectivity index (χ2n) is 3.53. The number of ether oxygens (including phenoxy) is 1. The molecule has 1 heterocycles. The number of sulfonamides is 1. The van der Waals surface area contributed by atoms with Gasteiger partial charge in [0.15, 0.2) is 0 Å². The number of nitrogens with two attached hydrogens (primary N) is 1. The smallest absolute Gasteiger partial charge is 0.243 e. The summed E-state index contributed by atoms with van der Waals surface area (Å²) in [7, 11) is -3.98. The van der Waals surface area contributed by atoms with Gasteiger partial charge in [-0.05, 0) is 24.3 Å². The molecule has 2 rings (SSSR count). The number of aromatic nitrogens is 1. The summed E-state index contributed by atoms with van der Waals surface area (Å²) in [6, 6.07) is 6.32. The number of hydrogen-bond donors (Lipinski definition) is 1. The van der Waals surface area contributed by atoms with Crippen LogP contribution in [0.3, 0.4) is 0 Å². The van der Waals surface area contributed by atoms with Crippen molar-refractivity contribution in [1.29, 1.82) is 0 Å². The maximum Gasteiger partial charge on any atom is 0.243 e. The van der Waals surface area contributed by atoms with Crippen molar-refractivity contribution in [2.24, 2.45) is 5.14 Å². The normalized spacial score (nSPS) is 11.3. The summed E-state index contributed by atoms with van der Waals surface area (Å²) >= 11 is 5.53. The van der Waals surface area contributed by atoms with Crippen LogP contribution >= 0.6 is 11.6 Å². The van der Waals surface area contributed by atoms with Crippen LogP contribution in [0.2, 0.25) is 5.02 Å². The van der Waals surface area contributed by atoms with Crippen LogP contribution in [0.1, 0.15) is 0 Å². The molecule has 0 saturated heterocycles. The minimum Gasteiger partial charge on any atom is -0.438 e. The third kappa shape index (κ3) is 3.19. The van der Waals surface area contributed by atoms with Crippen molar-refractivity contribution < 1.29 is 17.5 Å². The number of pyridine rings is 1. The van der Waals surface area contributed by atoms with Gasteiger partial charge in [0.2, 0.25) is 15.9 Å². The van der Waals surface area contributed by atoms with Gasteiger partial charge in [-0.15, -0.1) is 0 Å². The first-order valence-electron chi connectivity index (χ1n) is 4.98. The number of benzene rings is 1. The van der Waals surface area contributed by atoms with E-state index in [0.717, 1.165) is 6.07 Å². The molecule has 1 aromatic heterocycles. The highest BCUT2D eigenvalue weighted by Crippen LogP contribution is 2.27. The van der Waals surface area contributed by atoms with Crippen LogP contribution in [-0.2, 0) is 10.0 Å². The Balaban J connectivity index is 2.41. The van der Waals surface area contributed by atoms with Crippen molar-refractivity contribution in [2.45, 2.75) is 4.90 Å². The second kappa shape index (κ2) is 5.12. The molecule has 0 fully saturated rings. The molecular weight excluding hydrogens is 295 g/mol. The van der Waals surface area contributed by atoms with Crippen LogP contribution in [-0.4, -0.2) is 13.4 Å². The van der Waals surface area contributed by atoms with Gasteiger partial charge >= 0.3 is 0 Å². The molecule has 0 atom stereocenters. The average molecular weight is 303 g/mol. The first kappa shape index (κ1) is 13.7. The zero-order valence-corrected chi connectivity index (χ0v) is 11.0. The maximum atomic E-state index is 13.2. The largest absolute Gasteiger partial charge is 0.438 e. The first-order valence-corrected chi connectivity index (χ1v) is 6.91. The van der Waals surface area contributed by atoms with E-state index in [4.69, 9.17) is 21.5 Å². The number of hydrogen-bond acceptors (Lipinski definition) is 4. The maximum absolute atomic E-state index is 13.2. The Bertz CT molecular complexity index is 722. The molecule has 5 nitrogen and oxygen atoms in total. The van der Waals surface area contributed by atoms with Gasteiger partial charge in [0.25, 0.3) is 0 Å². The van der Waals surface area contributed by atoms with Crippen molar-refractivity contribution in [2.75, 3.05) is 0 Å². The topological polar surface area (TPSA) is 82.3 Å². The van der Waals surface area contributed by atoms with Gasteiger partial charge in [0, 0.05) is 12.3 Å². The SMILES string of the molecule is NS(=O)(=O)c1cccnc1Oc1ccc(Cl)c(F)c1. The molecular formula is C11H8ClFN2O3S. The standard InChI is InChI=1S/C11H8ClFN2O3S/c12-8-4-3-7(6-9(8)13)18-11-10(19(14,16)17)2-1-5-15-11/h1-6H,(H2,14,16,17). The molecule has 0 amide bonds. The molecule has 0 unspecified atom stereocenters. The highest BCUT2D eigenvalue weighted by Gasteiger charge is 2.16. The summed E-state index contributed by atoms with van der Waals surface area (Å²) in [5, 5.41) is 4.95. The Morgan fingerprint density at radius 2 is 2.05 bits per heavy atom. The molecule has 8 heteroatoms. The lowest BCUT2D eigenvalue weighted by atomic mass is 10.3. The van der Waals surface area contributed by atoms with Gasteiger partial charge in [-0.25, -0.2) is 22.9 Å². The molecule has 2 N–H and O–H groups in total. The first-order chi connectivity index (χ1) is 8.88. The molecule has 0 saturated carbocycles. The van der Waals surface area contributed by atoms with E-state index in [0.29, 0.717) is 0 Å². The van der Waals surface area contributed by atoms with Gasteiger partial charge in [-0.3, -0.25) is 0 Å². The second-order valence-corrected chi connectivity index (χ2v) is 5.47. The minimum atomic E-state index is -3.98.